The molecule has 0 bridgehead atoms. The van der Waals surface area contributed by atoms with E-state index in [4.69, 9.17) is 0 Å². The van der Waals surface area contributed by atoms with Gasteiger partial charge in [0.1, 0.15) is 0 Å². The highest BCUT2D eigenvalue weighted by molar-refractivity contribution is 7.15. The molecule has 0 unspecified atom stereocenters. The van der Waals surface area contributed by atoms with E-state index in [-0.39, 0.29) is 10.4 Å². The van der Waals surface area contributed by atoms with Crippen molar-refractivity contribution in [2.24, 2.45) is 5.41 Å². The zero-order chi connectivity index (χ0) is 14.4. The van der Waals surface area contributed by atoms with Gasteiger partial charge in [-0.2, -0.15) is 0 Å². The monoisotopic (exact) mass is 307 g/mol. The van der Waals surface area contributed by atoms with Gasteiger partial charge >= 0.3 is 0 Å². The zero-order valence-corrected chi connectivity index (χ0v) is 12.2. The van der Waals surface area contributed by atoms with Crippen molar-refractivity contribution in [3.8, 4) is 0 Å². The van der Waals surface area contributed by atoms with Gasteiger partial charge in [-0.3, -0.25) is 0 Å². The summed E-state index contributed by atoms with van der Waals surface area (Å²) in [4.78, 5) is 2.12. The van der Waals surface area contributed by atoms with E-state index in [0.717, 1.165) is 43.7 Å². The van der Waals surface area contributed by atoms with E-state index in [9.17, 15) is 8.78 Å². The van der Waals surface area contributed by atoms with E-state index in [1.54, 1.807) is 0 Å². The first-order chi connectivity index (χ1) is 10.2. The summed E-state index contributed by atoms with van der Waals surface area (Å²) >= 11 is 1.02. The second-order valence-electron chi connectivity index (χ2n) is 6.02. The van der Waals surface area contributed by atoms with Crippen LogP contribution in [0.15, 0.2) is 24.3 Å². The number of rotatable bonds is 2. The first-order valence-corrected chi connectivity index (χ1v) is 7.90. The van der Waals surface area contributed by atoms with E-state index in [1.807, 2.05) is 0 Å². The first kappa shape index (κ1) is 13.1. The largest absolute Gasteiger partial charge is 0.346 e. The molecular formula is C15H15F2N3S. The number of fused-ring (bicyclic) bond motifs is 1. The van der Waals surface area contributed by atoms with Crippen LogP contribution in [0.1, 0.15) is 29.0 Å². The van der Waals surface area contributed by atoms with Crippen LogP contribution >= 0.6 is 11.3 Å². The highest BCUT2D eigenvalue weighted by atomic mass is 32.1. The lowest BCUT2D eigenvalue weighted by Gasteiger charge is -2.23. The summed E-state index contributed by atoms with van der Waals surface area (Å²) in [5.41, 5.74) is 3.12. The molecule has 4 rings (SSSR count). The van der Waals surface area contributed by atoms with E-state index in [0.29, 0.717) is 5.13 Å². The molecule has 1 aromatic carbocycles. The molecule has 1 aliphatic heterocycles. The van der Waals surface area contributed by atoms with Crippen molar-refractivity contribution in [2.75, 3.05) is 18.0 Å². The SMILES string of the molecule is FC(F)c1nnc(N2CCC3(Cc4ccccc4C3)C2)s1. The molecule has 2 aromatic rings. The van der Waals surface area contributed by atoms with Gasteiger partial charge in [0.25, 0.3) is 6.43 Å². The molecule has 1 aromatic heterocycles. The number of alkyl halides is 2. The highest BCUT2D eigenvalue weighted by Gasteiger charge is 2.43. The number of halogens is 2. The lowest BCUT2D eigenvalue weighted by molar-refractivity contribution is 0.150. The van der Waals surface area contributed by atoms with Gasteiger partial charge in [-0.1, -0.05) is 35.6 Å². The van der Waals surface area contributed by atoms with Crippen LogP contribution in [0.3, 0.4) is 0 Å². The summed E-state index contributed by atoms with van der Waals surface area (Å²) in [5, 5.41) is 7.99. The Morgan fingerprint density at radius 3 is 2.48 bits per heavy atom. The fourth-order valence-corrected chi connectivity index (χ4v) is 4.33. The van der Waals surface area contributed by atoms with Crippen molar-refractivity contribution in [3.05, 3.63) is 40.4 Å². The zero-order valence-electron chi connectivity index (χ0n) is 11.4. The molecule has 0 amide bonds. The van der Waals surface area contributed by atoms with Crippen LogP contribution in [0.4, 0.5) is 13.9 Å². The number of hydrogen-bond donors (Lipinski definition) is 0. The summed E-state index contributed by atoms with van der Waals surface area (Å²) in [6.45, 7) is 1.77. The molecule has 2 aliphatic rings. The van der Waals surface area contributed by atoms with Gasteiger partial charge in [-0.25, -0.2) is 8.78 Å². The van der Waals surface area contributed by atoms with Crippen molar-refractivity contribution in [1.82, 2.24) is 10.2 Å². The topological polar surface area (TPSA) is 29.0 Å². The second-order valence-corrected chi connectivity index (χ2v) is 7.00. The van der Waals surface area contributed by atoms with Gasteiger partial charge in [0, 0.05) is 13.1 Å². The Balaban J connectivity index is 1.53. The molecule has 1 spiro atoms. The predicted octanol–water partition coefficient (Wildman–Crippen LogP) is 3.47. The Morgan fingerprint density at radius 1 is 1.14 bits per heavy atom. The Morgan fingerprint density at radius 2 is 1.86 bits per heavy atom. The fourth-order valence-electron chi connectivity index (χ4n) is 3.60. The molecule has 3 nitrogen and oxygen atoms in total. The minimum atomic E-state index is -2.52. The van der Waals surface area contributed by atoms with Crippen molar-refractivity contribution in [1.29, 1.82) is 0 Å². The molecule has 1 saturated heterocycles. The molecule has 0 saturated carbocycles. The molecular weight excluding hydrogens is 292 g/mol. The lowest BCUT2D eigenvalue weighted by Crippen LogP contribution is -2.27. The van der Waals surface area contributed by atoms with Gasteiger partial charge < -0.3 is 4.90 Å². The van der Waals surface area contributed by atoms with Crippen molar-refractivity contribution in [3.63, 3.8) is 0 Å². The Bertz CT molecular complexity index is 645. The average molecular weight is 307 g/mol. The smallest absolute Gasteiger partial charge is 0.291 e. The standard InChI is InChI=1S/C15H15F2N3S/c16-12(17)13-18-19-14(21-13)20-6-5-15(9-20)7-10-3-1-2-4-11(10)8-15/h1-4,12H,5-9H2. The van der Waals surface area contributed by atoms with Gasteiger partial charge in [0.2, 0.25) is 5.13 Å². The normalized spacial score (nSPS) is 19.7. The maximum Gasteiger partial charge on any atom is 0.291 e. The van der Waals surface area contributed by atoms with Gasteiger partial charge in [-0.05, 0) is 35.8 Å². The fraction of sp³-hybridized carbons (Fsp3) is 0.467. The van der Waals surface area contributed by atoms with Crippen LogP contribution in [0.5, 0.6) is 0 Å². The number of benzene rings is 1. The van der Waals surface area contributed by atoms with Crippen LogP contribution in [-0.4, -0.2) is 23.3 Å². The summed E-state index contributed by atoms with van der Waals surface area (Å²) in [7, 11) is 0. The molecule has 2 heterocycles. The number of hydrogen-bond acceptors (Lipinski definition) is 4. The molecule has 0 N–H and O–H groups in total. The van der Waals surface area contributed by atoms with Crippen molar-refractivity contribution >= 4 is 16.5 Å². The maximum absolute atomic E-state index is 12.6. The van der Waals surface area contributed by atoms with Crippen LogP contribution in [0.25, 0.3) is 0 Å². The molecule has 110 valence electrons. The van der Waals surface area contributed by atoms with Crippen molar-refractivity contribution < 1.29 is 8.78 Å². The number of aromatic nitrogens is 2. The van der Waals surface area contributed by atoms with E-state index in [1.165, 1.54) is 11.1 Å². The Kier molecular flexibility index (Phi) is 2.96. The third-order valence-electron chi connectivity index (χ3n) is 4.57. The van der Waals surface area contributed by atoms with E-state index in [2.05, 4.69) is 39.4 Å². The van der Waals surface area contributed by atoms with Crippen LogP contribution < -0.4 is 4.90 Å². The van der Waals surface area contributed by atoms with Gasteiger partial charge in [-0.15, -0.1) is 10.2 Å². The average Bonchev–Trinajstić information content (AvgIpc) is 3.16. The molecule has 0 atom stereocenters. The lowest BCUT2D eigenvalue weighted by atomic mass is 9.84. The summed E-state index contributed by atoms with van der Waals surface area (Å²) < 4.78 is 25.3. The third-order valence-corrected chi connectivity index (χ3v) is 5.57. The summed E-state index contributed by atoms with van der Waals surface area (Å²) in [6, 6.07) is 8.58. The number of anilines is 1. The molecule has 1 fully saturated rings. The number of nitrogens with zero attached hydrogens (tertiary/aromatic N) is 3. The van der Waals surface area contributed by atoms with Crippen LogP contribution in [0.2, 0.25) is 0 Å². The Hall–Kier alpha value is -1.56. The molecule has 1 aliphatic carbocycles. The van der Waals surface area contributed by atoms with Gasteiger partial charge in [0.15, 0.2) is 5.01 Å². The quantitative estimate of drug-likeness (QED) is 0.850. The molecule has 0 radical (unpaired) electrons. The van der Waals surface area contributed by atoms with Crippen LogP contribution in [-0.2, 0) is 12.8 Å². The summed E-state index contributed by atoms with van der Waals surface area (Å²) in [6.07, 6.45) is 0.731. The highest BCUT2D eigenvalue weighted by Crippen LogP contribution is 2.45. The summed E-state index contributed by atoms with van der Waals surface area (Å²) in [5.74, 6) is 0. The minimum absolute atomic E-state index is 0.180. The van der Waals surface area contributed by atoms with Crippen molar-refractivity contribution in [2.45, 2.75) is 25.7 Å². The van der Waals surface area contributed by atoms with E-state index >= 15 is 0 Å². The first-order valence-electron chi connectivity index (χ1n) is 7.09. The minimum Gasteiger partial charge on any atom is -0.346 e. The molecule has 21 heavy (non-hydrogen) atoms. The van der Waals surface area contributed by atoms with E-state index < -0.39 is 6.43 Å². The predicted molar refractivity (Wildman–Crippen MR) is 78.0 cm³/mol. The molecule has 6 heteroatoms. The second kappa shape index (κ2) is 4.73. The maximum atomic E-state index is 12.6. The Labute approximate surface area is 125 Å². The third kappa shape index (κ3) is 2.21. The van der Waals surface area contributed by atoms with Gasteiger partial charge in [0.05, 0.1) is 0 Å². The van der Waals surface area contributed by atoms with Crippen LogP contribution in [0, 0.1) is 5.41 Å².